The summed E-state index contributed by atoms with van der Waals surface area (Å²) >= 11 is 5.96. The molecular weight excluding hydrogens is 1240 g/mol. The second kappa shape index (κ2) is 25.7. The number of fused-ring (bicyclic) bond motifs is 4. The number of nitrogens with one attached hydrogen (secondary N) is 8. The zero-order valence-corrected chi connectivity index (χ0v) is 52.8. The van der Waals surface area contributed by atoms with Crippen LogP contribution in [0, 0.1) is 0 Å². The van der Waals surface area contributed by atoms with Crippen molar-refractivity contribution in [2.75, 3.05) is 13.2 Å². The van der Waals surface area contributed by atoms with Gasteiger partial charge < -0.3 is 59.8 Å². The van der Waals surface area contributed by atoms with Crippen molar-refractivity contribution < 1.29 is 51.0 Å². The Balaban J connectivity index is 0.000000121. The van der Waals surface area contributed by atoms with E-state index in [0.717, 1.165) is 105 Å². The van der Waals surface area contributed by atoms with Crippen LogP contribution in [-0.4, -0.2) is 97.5 Å². The number of carbonyl (C=O) groups is 4. The molecule has 1 unspecified atom stereocenters. The molecule has 0 saturated heterocycles. The van der Waals surface area contributed by atoms with Gasteiger partial charge >= 0.3 is 6.36 Å². The second-order valence-corrected chi connectivity index (χ2v) is 24.0. The molecule has 486 valence electrons. The fourth-order valence-electron chi connectivity index (χ4n) is 11.1. The van der Waals surface area contributed by atoms with Gasteiger partial charge in [0.1, 0.15) is 52.0 Å². The molecule has 4 amide bonds. The minimum atomic E-state index is -4.76. The Morgan fingerprint density at radius 2 is 0.968 bits per heavy atom. The molecule has 1 atom stereocenters. The van der Waals surface area contributed by atoms with Gasteiger partial charge in [0, 0.05) is 105 Å². The predicted molar refractivity (Wildman–Crippen MR) is 344 cm³/mol. The summed E-state index contributed by atoms with van der Waals surface area (Å²) in [5, 5.41) is 28.6. The average molecular weight is 1300 g/mol. The third-order valence-corrected chi connectivity index (χ3v) is 16.7. The summed E-state index contributed by atoms with van der Waals surface area (Å²) in [7, 11) is 5.54. The number of benzene rings is 4. The number of carbonyl (C=O) groups excluding carboxylic acids is 4. The van der Waals surface area contributed by atoms with Crippen LogP contribution in [-0.2, 0) is 37.8 Å². The lowest BCUT2D eigenvalue weighted by molar-refractivity contribution is -0.274. The zero-order chi connectivity index (χ0) is 66.1. The standard InChI is InChI=1S/C18H20N4O2.C17H15F3N4O2.C17H20N4O2.C15H12ClN3O2/c1-3-24-14-4-5-15-12(8-14)9-16(20-15)17(23)21-18(6-7-18)13-10-19-22(2)11-13;1-24-9-11(8-21-24)16(4-5-16)23-15(25)14-7-10-6-12(26-17(18,19)20)2-3-13(10)22-14;1-4-23-14-5-6-15-12(7-14)8-16(20-15)17(22)19-11(2)13-9-18-21(3)10-13;16-10-1-2-11-9(5-10)6-12(18-11)14(20)19-15(3-4-15)13-7-21-8-17-13/h4-5,8-11,20H,3,6-7H2,1-2H3,(H,21,23);2-3,6-9,22H,4-5H2,1H3,(H,23,25);5-11,20H,4H2,1-3H3,(H,19,22);1-2,5-8,18H,3-4H2,(H,19,20). The number of hydrogen-bond donors (Lipinski definition) is 8. The molecule has 15 rings (SSSR count). The summed E-state index contributed by atoms with van der Waals surface area (Å²) in [5.41, 5.74) is 7.84. The summed E-state index contributed by atoms with van der Waals surface area (Å²) in [6.07, 6.45) is 14.5. The third kappa shape index (κ3) is 14.5. The number of alkyl halides is 3. The van der Waals surface area contributed by atoms with Gasteiger partial charge in [0.05, 0.1) is 54.5 Å². The zero-order valence-electron chi connectivity index (χ0n) is 52.0. The van der Waals surface area contributed by atoms with E-state index >= 15 is 0 Å². The van der Waals surface area contributed by atoms with E-state index in [0.29, 0.717) is 46.2 Å². The lowest BCUT2D eigenvalue weighted by Gasteiger charge is -2.15. The minimum absolute atomic E-state index is 0.0921. The number of hydrogen-bond acceptors (Lipinski definition) is 12. The molecule has 3 aliphatic rings. The maximum absolute atomic E-state index is 12.7. The molecule has 27 heteroatoms. The Labute approximate surface area is 540 Å². The first-order chi connectivity index (χ1) is 45.1. The lowest BCUT2D eigenvalue weighted by Crippen LogP contribution is -2.35. The van der Waals surface area contributed by atoms with Crippen LogP contribution in [0.2, 0.25) is 5.02 Å². The van der Waals surface area contributed by atoms with Gasteiger partial charge in [0.15, 0.2) is 6.39 Å². The monoisotopic (exact) mass is 1300 g/mol. The van der Waals surface area contributed by atoms with E-state index in [1.54, 1.807) is 51.9 Å². The largest absolute Gasteiger partial charge is 0.573 e. The van der Waals surface area contributed by atoms with Crippen LogP contribution in [0.1, 0.15) is 130 Å². The number of H-pyrrole nitrogens is 4. The Morgan fingerprint density at radius 1 is 0.564 bits per heavy atom. The van der Waals surface area contributed by atoms with Gasteiger partial charge in [-0.15, -0.1) is 13.2 Å². The molecule has 8 N–H and O–H groups in total. The van der Waals surface area contributed by atoms with Crippen molar-refractivity contribution in [3.63, 3.8) is 0 Å². The summed E-state index contributed by atoms with van der Waals surface area (Å²) in [6.45, 7) is 7.07. The van der Waals surface area contributed by atoms with E-state index in [9.17, 15) is 32.3 Å². The first-order valence-electron chi connectivity index (χ1n) is 30.4. The van der Waals surface area contributed by atoms with Crippen molar-refractivity contribution in [2.24, 2.45) is 21.1 Å². The van der Waals surface area contributed by atoms with Crippen LogP contribution in [0.25, 0.3) is 43.6 Å². The predicted octanol–water partition coefficient (Wildman–Crippen LogP) is 12.0. The van der Waals surface area contributed by atoms with Gasteiger partial charge in [-0.1, -0.05) is 11.6 Å². The van der Waals surface area contributed by atoms with E-state index < -0.39 is 11.9 Å². The number of aromatic amines is 4. The van der Waals surface area contributed by atoms with Crippen LogP contribution >= 0.6 is 11.6 Å². The molecule has 12 aromatic rings. The van der Waals surface area contributed by atoms with Crippen molar-refractivity contribution in [3.8, 4) is 17.2 Å². The molecule has 0 spiro atoms. The van der Waals surface area contributed by atoms with Gasteiger partial charge in [-0.3, -0.25) is 33.2 Å². The smallest absolute Gasteiger partial charge is 0.494 e. The molecule has 0 aliphatic heterocycles. The minimum Gasteiger partial charge on any atom is -0.494 e. The van der Waals surface area contributed by atoms with E-state index in [1.165, 1.54) is 30.7 Å². The molecule has 3 aliphatic carbocycles. The summed E-state index contributed by atoms with van der Waals surface area (Å²) in [6, 6.07) is 27.8. The number of aromatic nitrogens is 11. The molecular formula is C67H67ClF3N15O8. The average Bonchev–Trinajstić information content (AvgIpc) is 1.65. The second-order valence-electron chi connectivity index (χ2n) is 23.6. The highest BCUT2D eigenvalue weighted by Crippen LogP contribution is 2.47. The summed E-state index contributed by atoms with van der Waals surface area (Å²) < 4.78 is 62.1. The molecule has 3 saturated carbocycles. The molecule has 4 aromatic carbocycles. The van der Waals surface area contributed by atoms with Gasteiger partial charge in [-0.05, 0) is 156 Å². The topological polar surface area (TPSA) is 287 Å². The summed E-state index contributed by atoms with van der Waals surface area (Å²) in [4.78, 5) is 66.6. The number of amides is 4. The quantitative estimate of drug-likeness (QED) is 0.0422. The van der Waals surface area contributed by atoms with E-state index in [4.69, 9.17) is 25.5 Å². The Kier molecular flexibility index (Phi) is 17.4. The van der Waals surface area contributed by atoms with E-state index in [-0.39, 0.29) is 52.2 Å². The van der Waals surface area contributed by atoms with E-state index in [2.05, 4.69) is 66.2 Å². The molecule has 23 nitrogen and oxygen atoms in total. The van der Waals surface area contributed by atoms with Crippen molar-refractivity contribution in [3.05, 3.63) is 197 Å². The molecule has 3 fully saturated rings. The first kappa shape index (κ1) is 63.4. The van der Waals surface area contributed by atoms with Crippen LogP contribution in [0.4, 0.5) is 13.2 Å². The summed E-state index contributed by atoms with van der Waals surface area (Å²) in [5.74, 6) is 0.578. The van der Waals surface area contributed by atoms with Gasteiger partial charge in [-0.25, -0.2) is 4.98 Å². The van der Waals surface area contributed by atoms with E-state index in [1.807, 2.05) is 120 Å². The highest BCUT2D eigenvalue weighted by Gasteiger charge is 2.49. The number of oxazole rings is 1. The number of rotatable bonds is 17. The highest BCUT2D eigenvalue weighted by atomic mass is 35.5. The normalized spacial score (nSPS) is 14.9. The van der Waals surface area contributed by atoms with Crippen molar-refractivity contribution in [1.82, 2.24) is 75.5 Å². The maximum atomic E-state index is 12.7. The fourth-order valence-corrected chi connectivity index (χ4v) is 11.3. The van der Waals surface area contributed by atoms with Crippen LogP contribution < -0.4 is 35.5 Å². The molecule has 0 bridgehead atoms. The number of aryl methyl sites for hydroxylation is 3. The Hall–Kier alpha value is -10.8. The van der Waals surface area contributed by atoms with Crippen molar-refractivity contribution in [2.45, 2.75) is 88.3 Å². The van der Waals surface area contributed by atoms with Gasteiger partial charge in [0.25, 0.3) is 23.6 Å². The Morgan fingerprint density at radius 3 is 1.36 bits per heavy atom. The van der Waals surface area contributed by atoms with Gasteiger partial charge in [-0.2, -0.15) is 15.3 Å². The third-order valence-electron chi connectivity index (χ3n) is 16.5. The highest BCUT2D eigenvalue weighted by molar-refractivity contribution is 6.31. The Bertz CT molecular complexity index is 4730. The number of ether oxygens (including phenoxy) is 3. The lowest BCUT2D eigenvalue weighted by atomic mass is 10.1. The first-order valence-corrected chi connectivity index (χ1v) is 30.8. The SMILES string of the molecule is CCOc1ccc2[nH]c(C(=O)NC(C)c3cnn(C)c3)cc2c1.CCOc1ccc2[nH]c(C(=O)NC3(c4cnn(C)c4)CC3)cc2c1.Cn1cc(C2(NC(=O)c3cc4cc(OC(F)(F)F)ccc4[nH]3)CC2)cn1.O=C(NC1(c2cocn2)CC1)c1cc2cc(Cl)ccc2[nH]1. The number of halogens is 4. The fraction of sp³-hybridized carbons (Fsp3) is 0.284. The van der Waals surface area contributed by atoms with Crippen LogP contribution in [0.5, 0.6) is 17.2 Å². The molecule has 8 aromatic heterocycles. The number of nitrogens with zero attached hydrogens (tertiary/aromatic N) is 7. The molecule has 94 heavy (non-hydrogen) atoms. The van der Waals surface area contributed by atoms with Crippen molar-refractivity contribution >= 4 is 78.8 Å². The van der Waals surface area contributed by atoms with Crippen LogP contribution in [0.15, 0.2) is 151 Å². The molecule has 8 heterocycles. The van der Waals surface area contributed by atoms with Crippen molar-refractivity contribution in [1.29, 1.82) is 0 Å². The maximum Gasteiger partial charge on any atom is 0.573 e. The van der Waals surface area contributed by atoms with Gasteiger partial charge in [0.2, 0.25) is 0 Å². The van der Waals surface area contributed by atoms with Crippen LogP contribution in [0.3, 0.4) is 0 Å². The molecule has 0 radical (unpaired) electrons.